The molecule has 0 aliphatic carbocycles. The van der Waals surface area contributed by atoms with Gasteiger partial charge >= 0.3 is 6.18 Å². The van der Waals surface area contributed by atoms with Gasteiger partial charge in [-0.05, 0) is 43.2 Å². The summed E-state index contributed by atoms with van der Waals surface area (Å²) < 4.78 is 38.0. The van der Waals surface area contributed by atoms with Crippen molar-refractivity contribution in [2.24, 2.45) is 5.92 Å². The summed E-state index contributed by atoms with van der Waals surface area (Å²) in [5, 5.41) is 5.38. The molecule has 9 heteroatoms. The summed E-state index contributed by atoms with van der Waals surface area (Å²) in [7, 11) is 1.55. The number of halogens is 3. The number of piperidine rings is 1. The average Bonchev–Trinajstić information content (AvgIpc) is 2.73. The van der Waals surface area contributed by atoms with Crippen molar-refractivity contribution in [3.8, 4) is 0 Å². The summed E-state index contributed by atoms with van der Waals surface area (Å²) in [4.78, 5) is 28.7. The van der Waals surface area contributed by atoms with E-state index in [1.165, 1.54) is 6.07 Å². The molecule has 0 radical (unpaired) electrons. The van der Waals surface area contributed by atoms with Gasteiger partial charge in [-0.2, -0.15) is 13.2 Å². The van der Waals surface area contributed by atoms with Crippen LogP contribution < -0.4 is 20.5 Å². The van der Waals surface area contributed by atoms with Gasteiger partial charge in [0.15, 0.2) is 0 Å². The third-order valence-electron chi connectivity index (χ3n) is 4.97. The lowest BCUT2D eigenvalue weighted by atomic mass is 9.95. The Labute approximate surface area is 166 Å². The first-order valence-electron chi connectivity index (χ1n) is 9.25. The Morgan fingerprint density at radius 2 is 1.72 bits per heavy atom. The molecule has 2 aromatic rings. The van der Waals surface area contributed by atoms with Gasteiger partial charge in [-0.25, -0.2) is 4.98 Å². The van der Waals surface area contributed by atoms with Crippen LogP contribution in [-0.2, 0) is 11.0 Å². The molecule has 29 heavy (non-hydrogen) atoms. The molecule has 6 nitrogen and oxygen atoms in total. The molecule has 0 bridgehead atoms. The number of anilines is 2. The fourth-order valence-electron chi connectivity index (χ4n) is 3.27. The number of nitrogens with zero attached hydrogens (tertiary/aromatic N) is 1. The Morgan fingerprint density at radius 1 is 1.07 bits per heavy atom. The zero-order valence-corrected chi connectivity index (χ0v) is 15.8. The zero-order valence-electron chi connectivity index (χ0n) is 15.8. The van der Waals surface area contributed by atoms with Gasteiger partial charge in [-0.15, -0.1) is 0 Å². The third-order valence-corrected chi connectivity index (χ3v) is 4.97. The number of nitrogens with one attached hydrogen (secondary N) is 3. The van der Waals surface area contributed by atoms with E-state index in [0.717, 1.165) is 12.3 Å². The number of benzene rings is 1. The highest BCUT2D eigenvalue weighted by Gasteiger charge is 2.33. The zero-order chi connectivity index (χ0) is 21.0. The van der Waals surface area contributed by atoms with Crippen LogP contribution in [0.2, 0.25) is 0 Å². The molecule has 154 valence electrons. The monoisotopic (exact) mass is 407 g/mol. The van der Waals surface area contributed by atoms with Crippen LogP contribution in [0.1, 0.15) is 28.8 Å². The number of H-pyrrole nitrogens is 1. The van der Waals surface area contributed by atoms with Gasteiger partial charge in [0.05, 0.1) is 18.7 Å². The Morgan fingerprint density at radius 3 is 2.24 bits per heavy atom. The van der Waals surface area contributed by atoms with E-state index in [9.17, 15) is 22.8 Å². The number of amides is 2. The molecule has 2 amide bonds. The van der Waals surface area contributed by atoms with Crippen LogP contribution in [0.15, 0.2) is 42.6 Å². The van der Waals surface area contributed by atoms with Crippen molar-refractivity contribution < 1.29 is 27.7 Å². The van der Waals surface area contributed by atoms with Crippen LogP contribution in [0.4, 0.5) is 24.7 Å². The van der Waals surface area contributed by atoms with Crippen molar-refractivity contribution in [1.29, 1.82) is 0 Å². The number of hydrogen-bond donors (Lipinski definition) is 2. The van der Waals surface area contributed by atoms with Gasteiger partial charge < -0.3 is 10.6 Å². The first-order valence-corrected chi connectivity index (χ1v) is 9.25. The first-order chi connectivity index (χ1) is 13.8. The van der Waals surface area contributed by atoms with Crippen molar-refractivity contribution in [1.82, 2.24) is 5.32 Å². The molecule has 1 aromatic carbocycles. The van der Waals surface area contributed by atoms with Gasteiger partial charge in [0.2, 0.25) is 5.91 Å². The van der Waals surface area contributed by atoms with E-state index in [1.54, 1.807) is 31.3 Å². The highest BCUT2D eigenvalue weighted by molar-refractivity contribution is 5.96. The second-order valence-electron chi connectivity index (χ2n) is 6.87. The molecule has 3 N–H and O–H groups in total. The number of aromatic nitrogens is 1. The Balaban J connectivity index is 1.53. The van der Waals surface area contributed by atoms with Crippen LogP contribution in [0.5, 0.6) is 0 Å². The fourth-order valence-corrected chi connectivity index (χ4v) is 3.27. The summed E-state index contributed by atoms with van der Waals surface area (Å²) in [6.45, 7) is 1.13. The average molecular weight is 407 g/mol. The number of hydrogen-bond acceptors (Lipinski definition) is 3. The maximum Gasteiger partial charge on any atom is 0.419 e. The summed E-state index contributed by atoms with van der Waals surface area (Å²) >= 11 is 0. The second-order valence-corrected chi connectivity index (χ2v) is 6.87. The number of carbonyl (C=O) groups is 2. The minimum atomic E-state index is -4.38. The summed E-state index contributed by atoms with van der Waals surface area (Å²) in [6, 6.07) is 9.09. The second kappa shape index (κ2) is 8.50. The Bertz CT molecular complexity index is 859. The maximum atomic E-state index is 12.7. The largest absolute Gasteiger partial charge is 0.419 e. The van der Waals surface area contributed by atoms with Crippen molar-refractivity contribution in [3.05, 3.63) is 53.7 Å². The highest BCUT2D eigenvalue weighted by atomic mass is 19.4. The predicted octanol–water partition coefficient (Wildman–Crippen LogP) is 2.73. The molecule has 1 aliphatic heterocycles. The lowest BCUT2D eigenvalue weighted by Crippen LogP contribution is -2.40. The number of pyridine rings is 1. The normalized spacial score (nSPS) is 15.1. The van der Waals surface area contributed by atoms with Crippen molar-refractivity contribution >= 4 is 23.3 Å². The molecule has 0 saturated carbocycles. The van der Waals surface area contributed by atoms with E-state index in [1.807, 2.05) is 4.90 Å². The SMILES string of the molecule is CNC(=O)c1ccc(NC(=O)C2CCN(c3ccc(C(F)(F)F)c[nH+]3)CC2)cc1. The molecule has 3 rings (SSSR count). The van der Waals surface area contributed by atoms with Gasteiger partial charge in [0.1, 0.15) is 6.20 Å². The third kappa shape index (κ3) is 5.04. The molecular weight excluding hydrogens is 385 g/mol. The van der Waals surface area contributed by atoms with Gasteiger partial charge in [-0.3, -0.25) is 14.5 Å². The van der Waals surface area contributed by atoms with Crippen molar-refractivity contribution in [3.63, 3.8) is 0 Å². The van der Waals surface area contributed by atoms with Crippen molar-refractivity contribution in [2.75, 3.05) is 30.4 Å². The number of aromatic amines is 1. The summed E-state index contributed by atoms with van der Waals surface area (Å²) in [5.41, 5.74) is 0.394. The van der Waals surface area contributed by atoms with Crippen LogP contribution in [0.25, 0.3) is 0 Å². The summed E-state index contributed by atoms with van der Waals surface area (Å²) in [5.74, 6) is 0.116. The van der Waals surface area contributed by atoms with Crippen molar-refractivity contribution in [2.45, 2.75) is 19.0 Å². The first kappa shape index (κ1) is 20.6. The van der Waals surface area contributed by atoms with Gasteiger partial charge in [0, 0.05) is 30.3 Å². The minimum Gasteiger partial charge on any atom is -0.355 e. The molecule has 1 aliphatic rings. The lowest BCUT2D eigenvalue weighted by Gasteiger charge is -2.27. The Kier molecular flexibility index (Phi) is 6.05. The molecule has 1 saturated heterocycles. The lowest BCUT2D eigenvalue weighted by molar-refractivity contribution is -0.367. The molecule has 2 heterocycles. The van der Waals surface area contributed by atoms with E-state index in [2.05, 4.69) is 15.6 Å². The van der Waals surface area contributed by atoms with Crippen LogP contribution in [-0.4, -0.2) is 32.0 Å². The number of carbonyl (C=O) groups excluding carboxylic acids is 2. The van der Waals surface area contributed by atoms with E-state index < -0.39 is 11.7 Å². The van der Waals surface area contributed by atoms with Gasteiger partial charge in [-0.1, -0.05) is 0 Å². The van der Waals surface area contributed by atoms with Crippen LogP contribution in [0.3, 0.4) is 0 Å². The van der Waals surface area contributed by atoms with E-state index in [-0.39, 0.29) is 17.7 Å². The number of rotatable bonds is 4. The smallest absolute Gasteiger partial charge is 0.355 e. The van der Waals surface area contributed by atoms with Crippen LogP contribution >= 0.6 is 0 Å². The van der Waals surface area contributed by atoms with E-state index in [4.69, 9.17) is 0 Å². The van der Waals surface area contributed by atoms with Gasteiger partial charge in [0.25, 0.3) is 11.7 Å². The predicted molar refractivity (Wildman–Crippen MR) is 101 cm³/mol. The molecule has 1 aromatic heterocycles. The standard InChI is InChI=1S/C20H21F3N4O2/c1-24-18(28)13-2-5-16(6-3-13)26-19(29)14-8-10-27(11-9-14)17-7-4-15(12-25-17)20(21,22)23/h2-7,12,14H,8-11H2,1H3,(H,24,28)(H,26,29)/p+1. The molecule has 0 atom stereocenters. The fraction of sp³-hybridized carbons (Fsp3) is 0.350. The van der Waals surface area contributed by atoms with Crippen LogP contribution in [0, 0.1) is 5.92 Å². The van der Waals surface area contributed by atoms with E-state index >= 15 is 0 Å². The topological polar surface area (TPSA) is 75.6 Å². The summed E-state index contributed by atoms with van der Waals surface area (Å²) in [6.07, 6.45) is -2.23. The minimum absolute atomic E-state index is 0.103. The molecule has 0 unspecified atom stereocenters. The maximum absolute atomic E-state index is 12.7. The Hall–Kier alpha value is -3.10. The molecule has 0 spiro atoms. The molecule has 1 fully saturated rings. The molecular formula is C20H22F3N4O2+. The quantitative estimate of drug-likeness (QED) is 0.819. The van der Waals surface area contributed by atoms with E-state index in [0.29, 0.717) is 43.0 Å². The number of alkyl halides is 3. The highest BCUT2D eigenvalue weighted by Crippen LogP contribution is 2.29.